The van der Waals surface area contributed by atoms with E-state index in [-0.39, 0.29) is 0 Å². The lowest BCUT2D eigenvalue weighted by atomic mass is 10.1. The van der Waals surface area contributed by atoms with Crippen molar-refractivity contribution in [3.05, 3.63) is 34.2 Å². The topological polar surface area (TPSA) is 38.9 Å². The Labute approximate surface area is 87.4 Å². The molecule has 0 aliphatic heterocycles. The molecule has 0 aliphatic carbocycles. The second kappa shape index (κ2) is 3.42. The average Bonchev–Trinajstić information content (AvgIpc) is 2.51. The van der Waals surface area contributed by atoms with Crippen LogP contribution < -0.4 is 5.73 Å². The summed E-state index contributed by atoms with van der Waals surface area (Å²) in [6, 6.07) is 6.06. The number of aromatic nitrogens is 1. The molecule has 0 spiro atoms. The molecule has 0 saturated carbocycles. The zero-order valence-electron chi connectivity index (χ0n) is 8.24. The highest BCUT2D eigenvalue weighted by atomic mass is 32.1. The minimum atomic E-state index is 0.801. The standard InChI is InChI=1S/C11H12N2S/c1-7-3-4-9(10(12)5-7)11-6-14-8(2)13-11/h3-6H,12H2,1-2H3. The number of hydrogen-bond donors (Lipinski definition) is 1. The number of anilines is 1. The molecule has 14 heavy (non-hydrogen) atoms. The molecule has 2 N–H and O–H groups in total. The SMILES string of the molecule is Cc1ccc(-c2csc(C)n2)c(N)c1. The predicted octanol–water partition coefficient (Wildman–Crippen LogP) is 3.01. The highest BCUT2D eigenvalue weighted by Gasteiger charge is 2.05. The first-order chi connectivity index (χ1) is 6.66. The Hall–Kier alpha value is -1.35. The van der Waals surface area contributed by atoms with Crippen molar-refractivity contribution in [3.8, 4) is 11.3 Å². The molecule has 1 aromatic heterocycles. The zero-order chi connectivity index (χ0) is 10.1. The number of rotatable bonds is 1. The largest absolute Gasteiger partial charge is 0.398 e. The first-order valence-electron chi connectivity index (χ1n) is 4.45. The summed E-state index contributed by atoms with van der Waals surface area (Å²) >= 11 is 1.65. The number of aryl methyl sites for hydroxylation is 2. The summed E-state index contributed by atoms with van der Waals surface area (Å²) < 4.78 is 0. The van der Waals surface area contributed by atoms with Gasteiger partial charge in [0.15, 0.2) is 0 Å². The Morgan fingerprint density at radius 2 is 2.07 bits per heavy atom. The van der Waals surface area contributed by atoms with Gasteiger partial charge in [-0.15, -0.1) is 11.3 Å². The molecule has 0 amide bonds. The smallest absolute Gasteiger partial charge is 0.0901 e. The molecule has 0 unspecified atom stereocenters. The third-order valence-corrected chi connectivity index (χ3v) is 2.88. The third kappa shape index (κ3) is 1.63. The van der Waals surface area contributed by atoms with Crippen LogP contribution in [0.1, 0.15) is 10.6 Å². The normalized spacial score (nSPS) is 10.4. The summed E-state index contributed by atoms with van der Waals surface area (Å²) in [5.74, 6) is 0. The van der Waals surface area contributed by atoms with E-state index < -0.39 is 0 Å². The molecule has 1 heterocycles. The Kier molecular flexibility index (Phi) is 2.25. The fraction of sp³-hybridized carbons (Fsp3) is 0.182. The molecule has 0 radical (unpaired) electrons. The molecular formula is C11H12N2S. The second-order valence-corrected chi connectivity index (χ2v) is 4.40. The summed E-state index contributed by atoms with van der Waals surface area (Å²) in [5.41, 5.74) is 9.91. The lowest BCUT2D eigenvalue weighted by Crippen LogP contribution is -1.90. The highest BCUT2D eigenvalue weighted by Crippen LogP contribution is 2.27. The lowest BCUT2D eigenvalue weighted by Gasteiger charge is -2.02. The molecular weight excluding hydrogens is 192 g/mol. The quantitative estimate of drug-likeness (QED) is 0.725. The Balaban J connectivity index is 2.52. The number of hydrogen-bond acceptors (Lipinski definition) is 3. The van der Waals surface area contributed by atoms with Crippen LogP contribution in [0.3, 0.4) is 0 Å². The van der Waals surface area contributed by atoms with Crippen LogP contribution in [0.5, 0.6) is 0 Å². The molecule has 2 aromatic rings. The fourth-order valence-electron chi connectivity index (χ4n) is 1.40. The van der Waals surface area contributed by atoms with Crippen LogP contribution in [0.25, 0.3) is 11.3 Å². The Morgan fingerprint density at radius 3 is 2.64 bits per heavy atom. The van der Waals surface area contributed by atoms with Crippen LogP contribution in [0.4, 0.5) is 5.69 Å². The van der Waals surface area contributed by atoms with Crippen molar-refractivity contribution in [2.75, 3.05) is 5.73 Å². The van der Waals surface area contributed by atoms with Crippen molar-refractivity contribution in [1.82, 2.24) is 4.98 Å². The van der Waals surface area contributed by atoms with Crippen molar-refractivity contribution in [1.29, 1.82) is 0 Å². The van der Waals surface area contributed by atoms with Gasteiger partial charge in [-0.25, -0.2) is 4.98 Å². The van der Waals surface area contributed by atoms with Crippen molar-refractivity contribution >= 4 is 17.0 Å². The van der Waals surface area contributed by atoms with E-state index in [9.17, 15) is 0 Å². The Bertz CT molecular complexity index is 460. The van der Waals surface area contributed by atoms with Gasteiger partial charge in [-0.1, -0.05) is 12.1 Å². The number of nitrogens with zero attached hydrogens (tertiary/aromatic N) is 1. The molecule has 72 valence electrons. The van der Waals surface area contributed by atoms with Gasteiger partial charge in [0.05, 0.1) is 10.7 Å². The average molecular weight is 204 g/mol. The van der Waals surface area contributed by atoms with Gasteiger partial charge in [-0.2, -0.15) is 0 Å². The van der Waals surface area contributed by atoms with Crippen LogP contribution >= 0.6 is 11.3 Å². The second-order valence-electron chi connectivity index (χ2n) is 3.34. The van der Waals surface area contributed by atoms with E-state index in [2.05, 4.69) is 11.1 Å². The van der Waals surface area contributed by atoms with Crippen molar-refractivity contribution in [2.45, 2.75) is 13.8 Å². The molecule has 0 bridgehead atoms. The van der Waals surface area contributed by atoms with Crippen LogP contribution in [0.15, 0.2) is 23.6 Å². The summed E-state index contributed by atoms with van der Waals surface area (Å²) in [7, 11) is 0. The van der Waals surface area contributed by atoms with Gasteiger partial charge in [-0.3, -0.25) is 0 Å². The van der Waals surface area contributed by atoms with E-state index >= 15 is 0 Å². The van der Waals surface area contributed by atoms with Crippen LogP contribution in [0, 0.1) is 13.8 Å². The molecule has 3 heteroatoms. The number of nitrogens with two attached hydrogens (primary N) is 1. The number of nitrogen functional groups attached to an aromatic ring is 1. The molecule has 2 nitrogen and oxygen atoms in total. The first-order valence-corrected chi connectivity index (χ1v) is 5.33. The summed E-state index contributed by atoms with van der Waals surface area (Å²) in [5, 5.41) is 3.11. The van der Waals surface area contributed by atoms with Crippen LogP contribution in [0.2, 0.25) is 0 Å². The molecule has 0 saturated heterocycles. The first kappa shape index (κ1) is 9.21. The van der Waals surface area contributed by atoms with Crippen LogP contribution in [-0.4, -0.2) is 4.98 Å². The van der Waals surface area contributed by atoms with E-state index in [1.165, 1.54) is 5.56 Å². The molecule has 0 atom stereocenters. The predicted molar refractivity (Wildman–Crippen MR) is 61.4 cm³/mol. The van der Waals surface area contributed by atoms with E-state index in [4.69, 9.17) is 5.73 Å². The maximum Gasteiger partial charge on any atom is 0.0901 e. The number of thiazole rings is 1. The fourth-order valence-corrected chi connectivity index (χ4v) is 2.02. The lowest BCUT2D eigenvalue weighted by molar-refractivity contribution is 1.30. The van der Waals surface area contributed by atoms with Gasteiger partial charge >= 0.3 is 0 Å². The molecule has 0 aliphatic rings. The minimum absolute atomic E-state index is 0.801. The monoisotopic (exact) mass is 204 g/mol. The van der Waals surface area contributed by atoms with E-state index in [0.29, 0.717) is 0 Å². The summed E-state index contributed by atoms with van der Waals surface area (Å²) in [6.45, 7) is 4.03. The zero-order valence-corrected chi connectivity index (χ0v) is 9.06. The van der Waals surface area contributed by atoms with E-state index in [0.717, 1.165) is 22.0 Å². The highest BCUT2D eigenvalue weighted by molar-refractivity contribution is 7.09. The van der Waals surface area contributed by atoms with Gasteiger partial charge in [0, 0.05) is 16.6 Å². The van der Waals surface area contributed by atoms with Crippen molar-refractivity contribution in [3.63, 3.8) is 0 Å². The van der Waals surface area contributed by atoms with E-state index in [1.54, 1.807) is 11.3 Å². The maximum atomic E-state index is 5.93. The van der Waals surface area contributed by atoms with Gasteiger partial charge in [0.2, 0.25) is 0 Å². The van der Waals surface area contributed by atoms with Gasteiger partial charge < -0.3 is 5.73 Å². The molecule has 1 aromatic carbocycles. The Morgan fingerprint density at radius 1 is 1.29 bits per heavy atom. The third-order valence-electron chi connectivity index (χ3n) is 2.10. The van der Waals surface area contributed by atoms with Gasteiger partial charge in [0.25, 0.3) is 0 Å². The van der Waals surface area contributed by atoms with Gasteiger partial charge in [0.1, 0.15) is 0 Å². The van der Waals surface area contributed by atoms with Gasteiger partial charge in [-0.05, 0) is 25.5 Å². The molecule has 0 fully saturated rings. The van der Waals surface area contributed by atoms with Crippen molar-refractivity contribution in [2.24, 2.45) is 0 Å². The molecule has 2 rings (SSSR count). The number of benzene rings is 1. The maximum absolute atomic E-state index is 5.93. The summed E-state index contributed by atoms with van der Waals surface area (Å²) in [4.78, 5) is 4.41. The van der Waals surface area contributed by atoms with E-state index in [1.807, 2.05) is 31.4 Å². The van der Waals surface area contributed by atoms with Crippen molar-refractivity contribution < 1.29 is 0 Å². The minimum Gasteiger partial charge on any atom is -0.398 e. The van der Waals surface area contributed by atoms with Crippen LogP contribution in [-0.2, 0) is 0 Å². The summed E-state index contributed by atoms with van der Waals surface area (Å²) in [6.07, 6.45) is 0.